The highest BCUT2D eigenvalue weighted by Crippen LogP contribution is 2.22. The summed E-state index contributed by atoms with van der Waals surface area (Å²) in [5, 5.41) is 22.4. The third kappa shape index (κ3) is 4.56. The number of rotatable bonds is 5. The highest BCUT2D eigenvalue weighted by Gasteiger charge is 2.14. The van der Waals surface area contributed by atoms with E-state index in [-0.39, 0.29) is 17.0 Å². The summed E-state index contributed by atoms with van der Waals surface area (Å²) < 4.78 is 22.3. The largest absolute Gasteiger partial charge is 0.380 e. The molecule has 102 valence electrons. The standard InChI is InChI=1S/C11H13N3O4S/c1-8(7-19(2,17)18)13-11-4-3-10(14(15)16)5-9(11)6-12/h3-5,8,13H,7H2,1-2H3. The summed E-state index contributed by atoms with van der Waals surface area (Å²) in [5.41, 5.74) is 0.302. The summed E-state index contributed by atoms with van der Waals surface area (Å²) >= 11 is 0. The van der Waals surface area contributed by atoms with Crippen LogP contribution in [0.15, 0.2) is 18.2 Å². The van der Waals surface area contributed by atoms with Crippen molar-refractivity contribution in [2.45, 2.75) is 13.0 Å². The van der Waals surface area contributed by atoms with Crippen molar-refractivity contribution in [3.8, 4) is 6.07 Å². The predicted molar refractivity (Wildman–Crippen MR) is 70.6 cm³/mol. The van der Waals surface area contributed by atoms with Crippen LogP contribution in [-0.2, 0) is 9.84 Å². The summed E-state index contributed by atoms with van der Waals surface area (Å²) in [6.45, 7) is 1.66. The van der Waals surface area contributed by atoms with E-state index in [0.29, 0.717) is 5.69 Å². The van der Waals surface area contributed by atoms with Crippen LogP contribution in [-0.4, -0.2) is 31.4 Å². The molecule has 0 saturated heterocycles. The zero-order chi connectivity index (χ0) is 14.6. The third-order valence-electron chi connectivity index (χ3n) is 2.29. The molecule has 0 amide bonds. The molecule has 1 N–H and O–H groups in total. The van der Waals surface area contributed by atoms with Crippen LogP contribution >= 0.6 is 0 Å². The number of nitro benzene ring substituents is 1. The fourth-order valence-corrected chi connectivity index (χ4v) is 2.62. The van der Waals surface area contributed by atoms with Crippen molar-refractivity contribution >= 4 is 21.2 Å². The van der Waals surface area contributed by atoms with Crippen LogP contribution in [0.5, 0.6) is 0 Å². The Morgan fingerprint density at radius 1 is 1.53 bits per heavy atom. The van der Waals surface area contributed by atoms with Crippen molar-refractivity contribution in [1.29, 1.82) is 5.26 Å². The fourth-order valence-electron chi connectivity index (χ4n) is 1.63. The Hall–Kier alpha value is -2.14. The van der Waals surface area contributed by atoms with Gasteiger partial charge in [0.25, 0.3) is 5.69 Å². The van der Waals surface area contributed by atoms with Crippen LogP contribution < -0.4 is 5.32 Å². The lowest BCUT2D eigenvalue weighted by molar-refractivity contribution is -0.384. The van der Waals surface area contributed by atoms with Crippen molar-refractivity contribution in [3.05, 3.63) is 33.9 Å². The predicted octanol–water partition coefficient (Wildman–Crippen LogP) is 1.31. The SMILES string of the molecule is CC(CS(C)(=O)=O)Nc1ccc([N+](=O)[O-])cc1C#N. The quantitative estimate of drug-likeness (QED) is 0.643. The Bertz CT molecular complexity index is 634. The molecule has 0 spiro atoms. The molecular weight excluding hydrogens is 270 g/mol. The minimum atomic E-state index is -3.14. The highest BCUT2D eigenvalue weighted by molar-refractivity contribution is 7.90. The van der Waals surface area contributed by atoms with Crippen molar-refractivity contribution in [1.82, 2.24) is 0 Å². The van der Waals surface area contributed by atoms with Crippen molar-refractivity contribution in [2.24, 2.45) is 0 Å². The molecule has 1 aromatic carbocycles. The Balaban J connectivity index is 2.96. The Labute approximate surface area is 110 Å². The molecule has 0 saturated carbocycles. The van der Waals surface area contributed by atoms with E-state index in [9.17, 15) is 18.5 Å². The molecule has 1 rings (SSSR count). The molecule has 0 aliphatic rings. The first-order chi connectivity index (χ1) is 8.73. The van der Waals surface area contributed by atoms with Gasteiger partial charge in [0.2, 0.25) is 0 Å². The highest BCUT2D eigenvalue weighted by atomic mass is 32.2. The van der Waals surface area contributed by atoms with Gasteiger partial charge in [0.05, 0.1) is 21.9 Å². The zero-order valence-electron chi connectivity index (χ0n) is 10.5. The van der Waals surface area contributed by atoms with Gasteiger partial charge in [-0.1, -0.05) is 0 Å². The average molecular weight is 283 g/mol. The molecule has 0 fully saturated rings. The number of nitro groups is 1. The fraction of sp³-hybridized carbons (Fsp3) is 0.364. The molecule has 0 bridgehead atoms. The van der Waals surface area contributed by atoms with Crippen LogP contribution in [0.25, 0.3) is 0 Å². The molecule has 0 aliphatic carbocycles. The van der Waals surface area contributed by atoms with E-state index in [4.69, 9.17) is 5.26 Å². The summed E-state index contributed by atoms with van der Waals surface area (Å²) in [6, 6.07) is 5.25. The number of sulfone groups is 1. The lowest BCUT2D eigenvalue weighted by Gasteiger charge is -2.15. The number of non-ortho nitro benzene ring substituents is 1. The van der Waals surface area contributed by atoms with Crippen LogP contribution in [0, 0.1) is 21.4 Å². The maximum absolute atomic E-state index is 11.1. The summed E-state index contributed by atoms with van der Waals surface area (Å²) in [6.07, 6.45) is 1.12. The molecule has 8 heteroatoms. The molecule has 7 nitrogen and oxygen atoms in total. The maximum atomic E-state index is 11.1. The first-order valence-corrected chi connectivity index (χ1v) is 7.42. The minimum absolute atomic E-state index is 0.0884. The second-order valence-corrected chi connectivity index (χ2v) is 6.42. The second kappa shape index (κ2) is 5.67. The molecule has 1 aromatic rings. The summed E-state index contributed by atoms with van der Waals surface area (Å²) in [4.78, 5) is 9.99. The number of nitrogens with one attached hydrogen (secondary N) is 1. The maximum Gasteiger partial charge on any atom is 0.270 e. The smallest absolute Gasteiger partial charge is 0.270 e. The van der Waals surface area contributed by atoms with Gasteiger partial charge in [-0.3, -0.25) is 10.1 Å². The number of nitriles is 1. The van der Waals surface area contributed by atoms with E-state index < -0.39 is 20.8 Å². The van der Waals surface area contributed by atoms with Crippen LogP contribution in [0.2, 0.25) is 0 Å². The van der Waals surface area contributed by atoms with Crippen molar-refractivity contribution < 1.29 is 13.3 Å². The number of hydrogen-bond acceptors (Lipinski definition) is 6. The molecule has 0 aromatic heterocycles. The van der Waals surface area contributed by atoms with E-state index in [0.717, 1.165) is 12.3 Å². The van der Waals surface area contributed by atoms with E-state index in [1.54, 1.807) is 6.92 Å². The third-order valence-corrected chi connectivity index (χ3v) is 3.39. The Morgan fingerprint density at radius 3 is 2.63 bits per heavy atom. The van der Waals surface area contributed by atoms with Gasteiger partial charge in [0, 0.05) is 24.4 Å². The van der Waals surface area contributed by atoms with Gasteiger partial charge < -0.3 is 5.32 Å². The van der Waals surface area contributed by atoms with Gasteiger partial charge in [0.15, 0.2) is 0 Å². The second-order valence-electron chi connectivity index (χ2n) is 4.24. The first-order valence-electron chi connectivity index (χ1n) is 5.35. The van der Waals surface area contributed by atoms with Crippen molar-refractivity contribution in [3.63, 3.8) is 0 Å². The summed E-state index contributed by atoms with van der Waals surface area (Å²) in [5.74, 6) is -0.0884. The van der Waals surface area contributed by atoms with Gasteiger partial charge in [-0.15, -0.1) is 0 Å². The lowest BCUT2D eigenvalue weighted by atomic mass is 10.1. The average Bonchev–Trinajstić information content (AvgIpc) is 2.26. The monoisotopic (exact) mass is 283 g/mol. The molecule has 0 heterocycles. The van der Waals surface area contributed by atoms with E-state index in [1.165, 1.54) is 12.1 Å². The van der Waals surface area contributed by atoms with E-state index in [2.05, 4.69) is 5.32 Å². The lowest BCUT2D eigenvalue weighted by Crippen LogP contribution is -2.25. The normalized spacial score (nSPS) is 12.5. The van der Waals surface area contributed by atoms with Crippen LogP contribution in [0.3, 0.4) is 0 Å². The van der Waals surface area contributed by atoms with Gasteiger partial charge in [-0.05, 0) is 13.0 Å². The Kier molecular flexibility index (Phi) is 4.45. The molecule has 1 unspecified atom stereocenters. The minimum Gasteiger partial charge on any atom is -0.380 e. The van der Waals surface area contributed by atoms with Crippen LogP contribution in [0.4, 0.5) is 11.4 Å². The van der Waals surface area contributed by atoms with Crippen molar-refractivity contribution in [2.75, 3.05) is 17.3 Å². The number of nitrogens with zero attached hydrogens (tertiary/aromatic N) is 2. The summed E-state index contributed by atoms with van der Waals surface area (Å²) in [7, 11) is -3.14. The van der Waals surface area contributed by atoms with Gasteiger partial charge >= 0.3 is 0 Å². The van der Waals surface area contributed by atoms with Gasteiger partial charge in [-0.2, -0.15) is 5.26 Å². The molecule has 1 atom stereocenters. The number of benzene rings is 1. The molecule has 0 radical (unpaired) electrons. The first kappa shape index (κ1) is 14.9. The van der Waals surface area contributed by atoms with E-state index >= 15 is 0 Å². The molecule has 19 heavy (non-hydrogen) atoms. The van der Waals surface area contributed by atoms with Crippen LogP contribution in [0.1, 0.15) is 12.5 Å². The van der Waals surface area contributed by atoms with E-state index in [1.807, 2.05) is 6.07 Å². The number of hydrogen-bond donors (Lipinski definition) is 1. The topological polar surface area (TPSA) is 113 Å². The molecular formula is C11H13N3O4S. The van der Waals surface area contributed by atoms with Gasteiger partial charge in [-0.25, -0.2) is 8.42 Å². The number of anilines is 1. The Morgan fingerprint density at radius 2 is 2.16 bits per heavy atom. The molecule has 0 aliphatic heterocycles. The van der Waals surface area contributed by atoms with Gasteiger partial charge in [0.1, 0.15) is 15.9 Å². The zero-order valence-corrected chi connectivity index (χ0v) is 11.3.